The summed E-state index contributed by atoms with van der Waals surface area (Å²) in [5.41, 5.74) is 0.604. The molecule has 0 aliphatic carbocycles. The Labute approximate surface area is 239 Å². The molecular weight excluding hydrogens is 574 g/mol. The molecule has 4 rings (SSSR count). The second-order valence-corrected chi connectivity index (χ2v) is 14.0. The number of amides is 1. The van der Waals surface area contributed by atoms with Crippen LogP contribution in [0.25, 0.3) is 0 Å². The molecule has 1 aliphatic rings. The number of nitrogens with zero attached hydrogens (tertiary/aromatic N) is 6. The number of fused-ring (bicyclic) bond motifs is 1. The zero-order valence-electron chi connectivity index (χ0n) is 23.5. The molecule has 14 nitrogen and oxygen atoms in total. The lowest BCUT2D eigenvalue weighted by molar-refractivity contribution is -0.134. The summed E-state index contributed by atoms with van der Waals surface area (Å²) in [5, 5.41) is 9.58. The van der Waals surface area contributed by atoms with Crippen LogP contribution in [0.2, 0.25) is 0 Å². The number of carbonyl (C=O) groups is 1. The zero-order chi connectivity index (χ0) is 30.1. The average Bonchev–Trinajstić information content (AvgIpc) is 3.56. The number of carbonyl (C=O) groups excluding carboxylic acids is 1. The van der Waals surface area contributed by atoms with Gasteiger partial charge in [-0.3, -0.25) is 9.52 Å². The molecule has 0 radical (unpaired) electrons. The Kier molecular flexibility index (Phi) is 8.77. The van der Waals surface area contributed by atoms with E-state index in [1.54, 1.807) is 27.1 Å². The molecule has 3 aromatic rings. The molecule has 0 fully saturated rings. The number of benzene rings is 1. The summed E-state index contributed by atoms with van der Waals surface area (Å²) >= 11 is 0. The van der Waals surface area contributed by atoms with Crippen LogP contribution in [0.3, 0.4) is 0 Å². The van der Waals surface area contributed by atoms with E-state index in [0.29, 0.717) is 11.3 Å². The van der Waals surface area contributed by atoms with Gasteiger partial charge in [-0.15, -0.1) is 0 Å². The number of ether oxygens (including phenoxy) is 1. The molecule has 16 heteroatoms. The summed E-state index contributed by atoms with van der Waals surface area (Å²) in [6.07, 6.45) is 4.71. The van der Waals surface area contributed by atoms with Crippen molar-refractivity contribution < 1.29 is 31.5 Å². The molecule has 0 spiro atoms. The van der Waals surface area contributed by atoms with Crippen molar-refractivity contribution in [3.63, 3.8) is 0 Å². The van der Waals surface area contributed by atoms with Crippen LogP contribution in [0.15, 0.2) is 53.3 Å². The van der Waals surface area contributed by atoms with Gasteiger partial charge < -0.3 is 23.9 Å². The van der Waals surface area contributed by atoms with E-state index in [0.717, 1.165) is 4.31 Å². The van der Waals surface area contributed by atoms with Crippen LogP contribution in [-0.4, -0.2) is 95.0 Å². The largest absolute Gasteiger partial charge is 0.488 e. The number of aliphatic hydroxyl groups is 1. The van der Waals surface area contributed by atoms with Crippen LogP contribution in [-0.2, 0) is 45.4 Å². The topological polar surface area (TPSA) is 169 Å². The number of hydrogen-bond acceptors (Lipinski definition) is 9. The normalized spacial score (nSPS) is 19.2. The van der Waals surface area contributed by atoms with E-state index in [2.05, 4.69) is 14.7 Å². The number of nitrogens with one attached hydrogen (secondary N) is 1. The van der Waals surface area contributed by atoms with Gasteiger partial charge in [-0.05, 0) is 25.1 Å². The first-order valence-corrected chi connectivity index (χ1v) is 15.8. The number of likely N-dealkylation sites (N-methyl/N-ethyl adjacent to an activating group) is 1. The Bertz CT molecular complexity index is 1620. The minimum absolute atomic E-state index is 0.0525. The van der Waals surface area contributed by atoms with Crippen molar-refractivity contribution in [3.8, 4) is 5.75 Å². The SMILES string of the molecule is C[C@@H]1CN([C@@H](C)CO)C(=O)Cc2cc(NS(=O)(=O)c3cn(C)cn3)ccc2O[C@@H]1CN(C)S(=O)(=O)c1cn(C)cn1. The molecule has 224 valence electrons. The summed E-state index contributed by atoms with van der Waals surface area (Å²) in [6, 6.07) is 4.06. The molecule has 2 aromatic heterocycles. The third-order valence-corrected chi connectivity index (χ3v) is 9.89. The molecule has 2 N–H and O–H groups in total. The maximum absolute atomic E-state index is 13.4. The molecule has 41 heavy (non-hydrogen) atoms. The van der Waals surface area contributed by atoms with E-state index < -0.39 is 32.2 Å². The smallest absolute Gasteiger partial charge is 0.280 e. The molecule has 1 amide bonds. The number of rotatable bonds is 9. The minimum atomic E-state index is -3.99. The summed E-state index contributed by atoms with van der Waals surface area (Å²) < 4.78 is 65.1. The van der Waals surface area contributed by atoms with E-state index in [1.807, 2.05) is 6.92 Å². The van der Waals surface area contributed by atoms with E-state index in [1.165, 1.54) is 58.3 Å². The molecule has 1 aliphatic heterocycles. The molecule has 0 saturated heterocycles. The van der Waals surface area contributed by atoms with Crippen LogP contribution in [0.5, 0.6) is 5.75 Å². The average molecular weight is 610 g/mol. The number of aromatic nitrogens is 4. The number of imidazole rings is 2. The van der Waals surface area contributed by atoms with Crippen molar-refractivity contribution in [3.05, 3.63) is 48.8 Å². The van der Waals surface area contributed by atoms with Gasteiger partial charge in [0.05, 0.1) is 38.3 Å². The van der Waals surface area contributed by atoms with Crippen LogP contribution >= 0.6 is 0 Å². The lowest BCUT2D eigenvalue weighted by Gasteiger charge is -2.33. The monoisotopic (exact) mass is 609 g/mol. The highest BCUT2D eigenvalue weighted by atomic mass is 32.2. The van der Waals surface area contributed by atoms with E-state index in [-0.39, 0.29) is 53.7 Å². The summed E-state index contributed by atoms with van der Waals surface area (Å²) in [4.78, 5) is 22.8. The van der Waals surface area contributed by atoms with Gasteiger partial charge in [0.15, 0.2) is 10.1 Å². The zero-order valence-corrected chi connectivity index (χ0v) is 25.1. The number of hydrogen-bond donors (Lipinski definition) is 2. The quantitative estimate of drug-likeness (QED) is 0.349. The van der Waals surface area contributed by atoms with E-state index >= 15 is 0 Å². The summed E-state index contributed by atoms with van der Waals surface area (Å²) in [6.45, 7) is 3.44. The number of aryl methyl sites for hydroxylation is 2. The predicted molar refractivity (Wildman–Crippen MR) is 149 cm³/mol. The van der Waals surface area contributed by atoms with Gasteiger partial charge in [-0.1, -0.05) is 6.92 Å². The maximum Gasteiger partial charge on any atom is 0.280 e. The highest BCUT2D eigenvalue weighted by Crippen LogP contribution is 2.30. The second kappa shape index (κ2) is 11.8. The molecular formula is C25H35N7O7S2. The van der Waals surface area contributed by atoms with Gasteiger partial charge >= 0.3 is 0 Å². The van der Waals surface area contributed by atoms with Crippen molar-refractivity contribution in [1.82, 2.24) is 28.3 Å². The third-order valence-electron chi connectivity index (χ3n) is 6.92. The third kappa shape index (κ3) is 6.72. The van der Waals surface area contributed by atoms with Gasteiger partial charge in [-0.2, -0.15) is 12.7 Å². The number of aliphatic hydroxyl groups excluding tert-OH is 1. The molecule has 0 saturated carbocycles. The first-order chi connectivity index (χ1) is 19.2. The highest BCUT2D eigenvalue weighted by molar-refractivity contribution is 7.92. The van der Waals surface area contributed by atoms with Crippen molar-refractivity contribution in [2.24, 2.45) is 20.0 Å². The van der Waals surface area contributed by atoms with Gasteiger partial charge in [0.1, 0.15) is 11.9 Å². The van der Waals surface area contributed by atoms with Gasteiger partial charge in [-0.25, -0.2) is 18.4 Å². The number of sulfonamides is 2. The van der Waals surface area contributed by atoms with Crippen molar-refractivity contribution in [2.45, 2.75) is 42.5 Å². The molecule has 0 unspecified atom stereocenters. The summed E-state index contributed by atoms with van der Waals surface area (Å²) in [7, 11) is -3.17. The molecule has 3 atom stereocenters. The maximum atomic E-state index is 13.4. The number of anilines is 1. The van der Waals surface area contributed by atoms with Crippen LogP contribution < -0.4 is 9.46 Å². The Morgan fingerprint density at radius 2 is 1.76 bits per heavy atom. The molecule has 0 bridgehead atoms. The first kappa shape index (κ1) is 30.5. The molecule has 1 aromatic carbocycles. The van der Waals surface area contributed by atoms with Crippen molar-refractivity contribution in [1.29, 1.82) is 0 Å². The highest BCUT2D eigenvalue weighted by Gasteiger charge is 2.34. The van der Waals surface area contributed by atoms with Gasteiger partial charge in [0.2, 0.25) is 5.91 Å². The Morgan fingerprint density at radius 1 is 1.12 bits per heavy atom. The lowest BCUT2D eigenvalue weighted by Crippen LogP contribution is -2.48. The van der Waals surface area contributed by atoms with Gasteiger partial charge in [0, 0.05) is 57.3 Å². The lowest BCUT2D eigenvalue weighted by atomic mass is 10.0. The fourth-order valence-electron chi connectivity index (χ4n) is 4.48. The van der Waals surface area contributed by atoms with Gasteiger partial charge in [0.25, 0.3) is 20.0 Å². The Balaban J connectivity index is 1.68. The van der Waals surface area contributed by atoms with Crippen molar-refractivity contribution >= 4 is 31.6 Å². The first-order valence-electron chi connectivity index (χ1n) is 12.9. The van der Waals surface area contributed by atoms with Crippen LogP contribution in [0.4, 0.5) is 5.69 Å². The Morgan fingerprint density at radius 3 is 2.34 bits per heavy atom. The van der Waals surface area contributed by atoms with Crippen molar-refractivity contribution in [2.75, 3.05) is 31.5 Å². The second-order valence-electron chi connectivity index (χ2n) is 10.4. The van der Waals surface area contributed by atoms with Crippen LogP contribution in [0.1, 0.15) is 19.4 Å². The fourth-order valence-corrected chi connectivity index (χ4v) is 6.65. The van der Waals surface area contributed by atoms with Crippen LogP contribution in [0, 0.1) is 5.92 Å². The minimum Gasteiger partial charge on any atom is -0.488 e. The Hall–Kier alpha value is -3.47. The summed E-state index contributed by atoms with van der Waals surface area (Å²) in [5.74, 6) is -0.316. The fraction of sp³-hybridized carbons (Fsp3) is 0.480. The molecule has 3 heterocycles. The van der Waals surface area contributed by atoms with E-state index in [9.17, 15) is 26.7 Å². The standard InChI is InChI=1S/C25H35N7O7S2/c1-17-10-32(18(2)14-33)25(34)9-19-8-20(28-40(35,36)23-12-29(3)15-26-23)6-7-21(19)39-22(17)11-31(5)41(37,38)24-13-30(4)16-27-24/h6-8,12-13,15-18,22,28,33H,9-11,14H2,1-5H3/t17-,18+,22-/m1/s1. The van der Waals surface area contributed by atoms with E-state index in [4.69, 9.17) is 4.74 Å². The predicted octanol–water partition coefficient (Wildman–Crippen LogP) is 0.424.